The molecule has 2 aromatic rings. The molecule has 0 fully saturated rings. The minimum absolute atomic E-state index is 0.0748. The lowest BCUT2D eigenvalue weighted by Gasteiger charge is -2.09. The Hall–Kier alpha value is -2.48. The zero-order valence-electron chi connectivity index (χ0n) is 12.6. The standard InChI is InChI=1S/C15H17N3O4S/c1-3-8-18-13(16-17-15(18)23-10-14(19)20)9-22-12-6-4-11(21-2)5-7-12/h3-7H,1,8-10H2,2H3,(H,19,20). The van der Waals surface area contributed by atoms with Crippen molar-refractivity contribution in [2.75, 3.05) is 12.9 Å². The minimum atomic E-state index is -0.904. The zero-order chi connectivity index (χ0) is 16.7. The third-order valence-corrected chi connectivity index (χ3v) is 3.81. The van der Waals surface area contributed by atoms with Crippen molar-refractivity contribution in [3.05, 3.63) is 42.7 Å². The topological polar surface area (TPSA) is 86.5 Å². The van der Waals surface area contributed by atoms with Gasteiger partial charge in [0.1, 0.15) is 18.1 Å². The number of thioether (sulfide) groups is 1. The number of carboxylic acids is 1. The summed E-state index contributed by atoms with van der Waals surface area (Å²) in [5, 5.41) is 17.4. The summed E-state index contributed by atoms with van der Waals surface area (Å²) in [5.74, 6) is 1.06. The van der Waals surface area contributed by atoms with Crippen LogP contribution in [-0.2, 0) is 17.9 Å². The van der Waals surface area contributed by atoms with Crippen molar-refractivity contribution >= 4 is 17.7 Å². The summed E-state index contributed by atoms with van der Waals surface area (Å²) in [6.07, 6.45) is 1.70. The molecule has 7 nitrogen and oxygen atoms in total. The maximum absolute atomic E-state index is 10.7. The van der Waals surface area contributed by atoms with Crippen molar-refractivity contribution in [2.24, 2.45) is 0 Å². The summed E-state index contributed by atoms with van der Waals surface area (Å²) in [6, 6.07) is 7.20. The average molecular weight is 335 g/mol. The van der Waals surface area contributed by atoms with Crippen LogP contribution < -0.4 is 9.47 Å². The van der Waals surface area contributed by atoms with E-state index in [1.165, 1.54) is 0 Å². The lowest BCUT2D eigenvalue weighted by Crippen LogP contribution is -2.08. The molecule has 0 spiro atoms. The number of hydrogen-bond acceptors (Lipinski definition) is 6. The van der Waals surface area contributed by atoms with E-state index in [9.17, 15) is 4.79 Å². The Bertz CT molecular complexity index is 670. The third kappa shape index (κ3) is 4.75. The molecule has 122 valence electrons. The van der Waals surface area contributed by atoms with Crippen molar-refractivity contribution in [1.82, 2.24) is 14.8 Å². The zero-order valence-corrected chi connectivity index (χ0v) is 13.5. The Labute approximate surface area is 137 Å². The van der Waals surface area contributed by atoms with Crippen LogP contribution in [0.4, 0.5) is 0 Å². The van der Waals surface area contributed by atoms with Crippen molar-refractivity contribution in [2.45, 2.75) is 18.3 Å². The van der Waals surface area contributed by atoms with E-state index >= 15 is 0 Å². The van der Waals surface area contributed by atoms with Gasteiger partial charge in [0.25, 0.3) is 0 Å². The Balaban J connectivity index is 2.05. The largest absolute Gasteiger partial charge is 0.497 e. The molecular weight excluding hydrogens is 318 g/mol. The Morgan fingerprint density at radius 2 is 2.04 bits per heavy atom. The van der Waals surface area contributed by atoms with Crippen molar-refractivity contribution < 1.29 is 19.4 Å². The smallest absolute Gasteiger partial charge is 0.313 e. The first kappa shape index (κ1) is 16.9. The van der Waals surface area contributed by atoms with E-state index in [4.69, 9.17) is 14.6 Å². The Kier molecular flexibility index (Phi) is 6.04. The summed E-state index contributed by atoms with van der Waals surface area (Å²) in [5.41, 5.74) is 0. The molecule has 1 N–H and O–H groups in total. The van der Waals surface area contributed by atoms with Crippen LogP contribution in [0.25, 0.3) is 0 Å². The molecule has 0 saturated heterocycles. The maximum atomic E-state index is 10.7. The van der Waals surface area contributed by atoms with Gasteiger partial charge in [0.05, 0.1) is 12.9 Å². The highest BCUT2D eigenvalue weighted by molar-refractivity contribution is 7.99. The number of aliphatic carboxylic acids is 1. The van der Waals surface area contributed by atoms with E-state index in [0.717, 1.165) is 17.5 Å². The third-order valence-electron chi connectivity index (χ3n) is 2.86. The fourth-order valence-electron chi connectivity index (χ4n) is 1.79. The molecule has 0 aliphatic heterocycles. The number of benzene rings is 1. The lowest BCUT2D eigenvalue weighted by molar-refractivity contribution is -0.133. The van der Waals surface area contributed by atoms with E-state index in [-0.39, 0.29) is 12.4 Å². The summed E-state index contributed by atoms with van der Waals surface area (Å²) in [6.45, 7) is 4.40. The molecule has 23 heavy (non-hydrogen) atoms. The van der Waals surface area contributed by atoms with Gasteiger partial charge in [-0.3, -0.25) is 9.36 Å². The Morgan fingerprint density at radius 1 is 1.35 bits per heavy atom. The van der Waals surface area contributed by atoms with Crippen LogP contribution in [0.3, 0.4) is 0 Å². The number of ether oxygens (including phenoxy) is 2. The van der Waals surface area contributed by atoms with Crippen LogP contribution >= 0.6 is 11.8 Å². The monoisotopic (exact) mass is 335 g/mol. The van der Waals surface area contributed by atoms with E-state index in [1.807, 2.05) is 0 Å². The van der Waals surface area contributed by atoms with Crippen LogP contribution in [0.5, 0.6) is 11.5 Å². The highest BCUT2D eigenvalue weighted by atomic mass is 32.2. The summed E-state index contributed by atoms with van der Waals surface area (Å²) in [4.78, 5) is 10.7. The molecule has 0 saturated carbocycles. The quantitative estimate of drug-likeness (QED) is 0.555. The molecule has 0 aliphatic carbocycles. The molecule has 0 aliphatic rings. The van der Waals surface area contributed by atoms with E-state index in [1.54, 1.807) is 42.0 Å². The predicted octanol–water partition coefficient (Wildman–Crippen LogP) is 2.23. The van der Waals surface area contributed by atoms with Gasteiger partial charge in [-0.2, -0.15) is 0 Å². The molecule has 0 atom stereocenters. The highest BCUT2D eigenvalue weighted by Crippen LogP contribution is 2.20. The van der Waals surface area contributed by atoms with Gasteiger partial charge in [0.15, 0.2) is 11.0 Å². The molecule has 1 aromatic heterocycles. The number of methoxy groups -OCH3 is 1. The van der Waals surface area contributed by atoms with Gasteiger partial charge < -0.3 is 14.6 Å². The number of carbonyl (C=O) groups is 1. The van der Waals surface area contributed by atoms with Crippen LogP contribution in [0.15, 0.2) is 42.1 Å². The number of hydrogen-bond donors (Lipinski definition) is 1. The molecule has 2 rings (SSSR count). The van der Waals surface area contributed by atoms with Crippen LogP contribution in [0, 0.1) is 0 Å². The molecule has 0 unspecified atom stereocenters. The minimum Gasteiger partial charge on any atom is -0.497 e. The predicted molar refractivity (Wildman–Crippen MR) is 85.9 cm³/mol. The summed E-state index contributed by atoms with van der Waals surface area (Å²) >= 11 is 1.11. The average Bonchev–Trinajstić information content (AvgIpc) is 2.94. The van der Waals surface area contributed by atoms with Crippen LogP contribution in [-0.4, -0.2) is 38.7 Å². The number of allylic oxidation sites excluding steroid dienone is 1. The summed E-state index contributed by atoms with van der Waals surface area (Å²) < 4.78 is 12.5. The van der Waals surface area contributed by atoms with Gasteiger partial charge in [-0.05, 0) is 24.3 Å². The molecule has 8 heteroatoms. The molecule has 0 amide bonds. The molecule has 1 heterocycles. The van der Waals surface area contributed by atoms with Gasteiger partial charge in [-0.25, -0.2) is 0 Å². The first-order valence-corrected chi connectivity index (χ1v) is 7.77. The SMILES string of the molecule is C=CCn1c(COc2ccc(OC)cc2)nnc1SCC(=O)O. The van der Waals surface area contributed by atoms with Crippen molar-refractivity contribution in [3.63, 3.8) is 0 Å². The number of nitrogens with zero attached hydrogens (tertiary/aromatic N) is 3. The number of rotatable bonds is 9. The van der Waals surface area contributed by atoms with E-state index < -0.39 is 5.97 Å². The fraction of sp³-hybridized carbons (Fsp3) is 0.267. The Morgan fingerprint density at radius 3 is 2.65 bits per heavy atom. The maximum Gasteiger partial charge on any atom is 0.313 e. The number of aromatic nitrogens is 3. The molecule has 0 bridgehead atoms. The van der Waals surface area contributed by atoms with E-state index in [0.29, 0.717) is 23.3 Å². The second kappa shape index (κ2) is 8.23. The lowest BCUT2D eigenvalue weighted by atomic mass is 10.3. The molecule has 0 radical (unpaired) electrons. The second-order valence-corrected chi connectivity index (χ2v) is 5.39. The van der Waals surface area contributed by atoms with Gasteiger partial charge >= 0.3 is 5.97 Å². The van der Waals surface area contributed by atoms with Gasteiger partial charge in [-0.1, -0.05) is 17.8 Å². The van der Waals surface area contributed by atoms with E-state index in [2.05, 4.69) is 16.8 Å². The normalized spacial score (nSPS) is 10.3. The number of carboxylic acid groups (broad SMARTS) is 1. The first-order valence-electron chi connectivity index (χ1n) is 6.78. The van der Waals surface area contributed by atoms with Crippen LogP contribution in [0.1, 0.15) is 5.82 Å². The first-order chi connectivity index (χ1) is 11.1. The van der Waals surface area contributed by atoms with Crippen LogP contribution in [0.2, 0.25) is 0 Å². The molecule has 1 aromatic carbocycles. The second-order valence-electron chi connectivity index (χ2n) is 4.44. The van der Waals surface area contributed by atoms with Gasteiger partial charge in [0, 0.05) is 6.54 Å². The molecular formula is C15H17N3O4S. The fourth-order valence-corrected chi connectivity index (χ4v) is 2.48. The van der Waals surface area contributed by atoms with Gasteiger partial charge in [-0.15, -0.1) is 16.8 Å². The van der Waals surface area contributed by atoms with Crippen molar-refractivity contribution in [1.29, 1.82) is 0 Å². The van der Waals surface area contributed by atoms with Crippen molar-refractivity contribution in [3.8, 4) is 11.5 Å². The van der Waals surface area contributed by atoms with Gasteiger partial charge in [0.2, 0.25) is 0 Å². The summed E-state index contributed by atoms with van der Waals surface area (Å²) in [7, 11) is 1.60. The highest BCUT2D eigenvalue weighted by Gasteiger charge is 2.13.